The molecule has 0 aromatic carbocycles. The molecule has 0 aliphatic heterocycles. The molecule has 0 aromatic heterocycles. The van der Waals surface area contributed by atoms with Gasteiger partial charge in [0, 0.05) is 33.0 Å². The fourth-order valence-corrected chi connectivity index (χ4v) is 2.03. The monoisotopic (exact) mass is 225 g/mol. The van der Waals surface area contributed by atoms with Crippen molar-refractivity contribution in [2.24, 2.45) is 16.6 Å². The standard InChI is InChI=1S/C12H23N3O/c1-15(2)11(16)8-9-14-12(13)10-6-4-3-5-7-10/h10H,3-9H2,1-2H3,(H2,13,14). The highest BCUT2D eigenvalue weighted by Gasteiger charge is 2.16. The molecule has 0 bridgehead atoms. The van der Waals surface area contributed by atoms with E-state index in [2.05, 4.69) is 4.99 Å². The Morgan fingerprint density at radius 3 is 2.50 bits per heavy atom. The van der Waals surface area contributed by atoms with Crippen LogP contribution < -0.4 is 5.73 Å². The van der Waals surface area contributed by atoms with Crippen LogP contribution in [-0.4, -0.2) is 37.3 Å². The zero-order valence-corrected chi connectivity index (χ0v) is 10.4. The van der Waals surface area contributed by atoms with E-state index in [0.29, 0.717) is 18.9 Å². The number of hydrogen-bond acceptors (Lipinski definition) is 2. The van der Waals surface area contributed by atoms with Crippen LogP contribution in [0.2, 0.25) is 0 Å². The van der Waals surface area contributed by atoms with Gasteiger partial charge in [0.1, 0.15) is 0 Å². The van der Waals surface area contributed by atoms with Gasteiger partial charge in [0.15, 0.2) is 0 Å². The Morgan fingerprint density at radius 2 is 1.94 bits per heavy atom. The molecular weight excluding hydrogens is 202 g/mol. The van der Waals surface area contributed by atoms with E-state index in [0.717, 1.165) is 18.7 Å². The van der Waals surface area contributed by atoms with E-state index in [1.807, 2.05) is 0 Å². The van der Waals surface area contributed by atoms with Gasteiger partial charge < -0.3 is 10.6 Å². The van der Waals surface area contributed by atoms with Crippen molar-refractivity contribution in [2.75, 3.05) is 20.6 Å². The van der Waals surface area contributed by atoms with E-state index < -0.39 is 0 Å². The number of aliphatic imine (C=N–C) groups is 1. The highest BCUT2D eigenvalue weighted by atomic mass is 16.2. The lowest BCUT2D eigenvalue weighted by atomic mass is 9.88. The molecule has 1 fully saturated rings. The summed E-state index contributed by atoms with van der Waals surface area (Å²) in [5.41, 5.74) is 5.94. The van der Waals surface area contributed by atoms with Crippen molar-refractivity contribution in [3.63, 3.8) is 0 Å². The van der Waals surface area contributed by atoms with E-state index in [1.165, 1.54) is 19.3 Å². The summed E-state index contributed by atoms with van der Waals surface area (Å²) in [4.78, 5) is 17.2. The molecule has 0 unspecified atom stereocenters. The first-order valence-electron chi connectivity index (χ1n) is 6.11. The molecule has 92 valence electrons. The minimum absolute atomic E-state index is 0.111. The lowest BCUT2D eigenvalue weighted by molar-refractivity contribution is -0.128. The molecule has 0 saturated heterocycles. The van der Waals surface area contributed by atoms with Crippen LogP contribution >= 0.6 is 0 Å². The van der Waals surface area contributed by atoms with Gasteiger partial charge in [-0.15, -0.1) is 0 Å². The summed E-state index contributed by atoms with van der Waals surface area (Å²) in [6, 6.07) is 0. The Kier molecular flexibility index (Phi) is 5.29. The average molecular weight is 225 g/mol. The molecule has 0 aromatic rings. The smallest absolute Gasteiger partial charge is 0.223 e. The van der Waals surface area contributed by atoms with Crippen LogP contribution in [0.5, 0.6) is 0 Å². The second kappa shape index (κ2) is 6.51. The molecule has 2 N–H and O–H groups in total. The fraction of sp³-hybridized carbons (Fsp3) is 0.833. The Labute approximate surface area is 97.9 Å². The Morgan fingerprint density at radius 1 is 1.31 bits per heavy atom. The maximum Gasteiger partial charge on any atom is 0.223 e. The summed E-state index contributed by atoms with van der Waals surface area (Å²) < 4.78 is 0. The van der Waals surface area contributed by atoms with Crippen molar-refractivity contribution in [3.05, 3.63) is 0 Å². The summed E-state index contributed by atoms with van der Waals surface area (Å²) in [5.74, 6) is 1.33. The first-order valence-corrected chi connectivity index (χ1v) is 6.11. The molecule has 16 heavy (non-hydrogen) atoms. The molecule has 1 aliphatic carbocycles. The molecule has 4 heteroatoms. The topological polar surface area (TPSA) is 58.7 Å². The molecule has 1 saturated carbocycles. The van der Waals surface area contributed by atoms with Gasteiger partial charge in [0.05, 0.1) is 5.84 Å². The summed E-state index contributed by atoms with van der Waals surface area (Å²) >= 11 is 0. The maximum atomic E-state index is 11.3. The fourth-order valence-electron chi connectivity index (χ4n) is 2.03. The third-order valence-electron chi connectivity index (χ3n) is 3.14. The predicted octanol–water partition coefficient (Wildman–Crippen LogP) is 1.40. The zero-order chi connectivity index (χ0) is 12.0. The third kappa shape index (κ3) is 4.21. The Balaban J connectivity index is 2.30. The Bertz CT molecular complexity index is 255. The van der Waals surface area contributed by atoms with Crippen molar-refractivity contribution >= 4 is 11.7 Å². The first-order chi connectivity index (χ1) is 7.61. The molecule has 1 amide bonds. The SMILES string of the molecule is CN(C)C(=O)CCN=C(N)C1CCCCC1. The molecular formula is C12H23N3O. The van der Waals surface area contributed by atoms with E-state index >= 15 is 0 Å². The summed E-state index contributed by atoms with van der Waals surface area (Å²) in [6.07, 6.45) is 6.63. The lowest BCUT2D eigenvalue weighted by Crippen LogP contribution is -2.27. The molecule has 1 aliphatic rings. The van der Waals surface area contributed by atoms with Gasteiger partial charge in [-0.2, -0.15) is 0 Å². The number of carbonyl (C=O) groups excluding carboxylic acids is 1. The summed E-state index contributed by atoms with van der Waals surface area (Å²) in [5, 5.41) is 0. The number of nitrogens with zero attached hydrogens (tertiary/aromatic N) is 2. The van der Waals surface area contributed by atoms with Crippen LogP contribution in [0, 0.1) is 5.92 Å². The van der Waals surface area contributed by atoms with Crippen LogP contribution in [0.1, 0.15) is 38.5 Å². The van der Waals surface area contributed by atoms with Crippen molar-refractivity contribution < 1.29 is 4.79 Å². The molecule has 0 heterocycles. The van der Waals surface area contributed by atoms with Crippen molar-refractivity contribution in [2.45, 2.75) is 38.5 Å². The second-order valence-corrected chi connectivity index (χ2v) is 4.68. The maximum absolute atomic E-state index is 11.3. The van der Waals surface area contributed by atoms with E-state index in [1.54, 1.807) is 19.0 Å². The number of nitrogens with two attached hydrogens (primary N) is 1. The molecule has 0 spiro atoms. The first kappa shape index (κ1) is 13.0. The summed E-state index contributed by atoms with van der Waals surface area (Å²) in [7, 11) is 3.52. The van der Waals surface area contributed by atoms with Gasteiger partial charge in [0.2, 0.25) is 5.91 Å². The molecule has 0 atom stereocenters. The quantitative estimate of drug-likeness (QED) is 0.581. The molecule has 4 nitrogen and oxygen atoms in total. The number of hydrogen-bond donors (Lipinski definition) is 1. The van der Waals surface area contributed by atoms with Crippen LogP contribution in [-0.2, 0) is 4.79 Å². The lowest BCUT2D eigenvalue weighted by Gasteiger charge is -2.20. The summed E-state index contributed by atoms with van der Waals surface area (Å²) in [6.45, 7) is 0.527. The van der Waals surface area contributed by atoms with Gasteiger partial charge in [-0.1, -0.05) is 19.3 Å². The highest BCUT2D eigenvalue weighted by molar-refractivity contribution is 5.83. The van der Waals surface area contributed by atoms with Crippen molar-refractivity contribution in [1.29, 1.82) is 0 Å². The van der Waals surface area contributed by atoms with Crippen molar-refractivity contribution in [3.8, 4) is 0 Å². The van der Waals surface area contributed by atoms with Crippen LogP contribution in [0.25, 0.3) is 0 Å². The van der Waals surface area contributed by atoms with Gasteiger partial charge >= 0.3 is 0 Å². The minimum atomic E-state index is 0.111. The number of carbonyl (C=O) groups is 1. The van der Waals surface area contributed by atoms with Crippen molar-refractivity contribution in [1.82, 2.24) is 4.90 Å². The minimum Gasteiger partial charge on any atom is -0.387 e. The second-order valence-electron chi connectivity index (χ2n) is 4.68. The van der Waals surface area contributed by atoms with Gasteiger partial charge in [-0.25, -0.2) is 0 Å². The number of amidine groups is 1. The molecule has 0 radical (unpaired) electrons. The van der Waals surface area contributed by atoms with E-state index in [9.17, 15) is 4.79 Å². The van der Waals surface area contributed by atoms with Gasteiger partial charge in [0.25, 0.3) is 0 Å². The predicted molar refractivity (Wildman–Crippen MR) is 66.4 cm³/mol. The van der Waals surface area contributed by atoms with E-state index in [-0.39, 0.29) is 5.91 Å². The number of amides is 1. The van der Waals surface area contributed by atoms with Crippen LogP contribution in [0.4, 0.5) is 0 Å². The van der Waals surface area contributed by atoms with Gasteiger partial charge in [-0.3, -0.25) is 9.79 Å². The third-order valence-corrected chi connectivity index (χ3v) is 3.14. The van der Waals surface area contributed by atoms with Crippen LogP contribution in [0.15, 0.2) is 4.99 Å². The van der Waals surface area contributed by atoms with Gasteiger partial charge in [-0.05, 0) is 12.8 Å². The van der Waals surface area contributed by atoms with Crippen LogP contribution in [0.3, 0.4) is 0 Å². The zero-order valence-electron chi connectivity index (χ0n) is 10.4. The number of rotatable bonds is 4. The Hall–Kier alpha value is -1.06. The normalized spacial score (nSPS) is 18.5. The average Bonchev–Trinajstić information content (AvgIpc) is 2.29. The van der Waals surface area contributed by atoms with E-state index in [4.69, 9.17) is 5.73 Å². The molecule has 1 rings (SSSR count). The highest BCUT2D eigenvalue weighted by Crippen LogP contribution is 2.23. The largest absolute Gasteiger partial charge is 0.387 e.